The van der Waals surface area contributed by atoms with Crippen LogP contribution in [-0.2, 0) is 4.79 Å². The van der Waals surface area contributed by atoms with E-state index in [0.717, 1.165) is 11.8 Å². The number of amides is 3. The number of hydrogen-bond acceptors (Lipinski definition) is 6. The third-order valence-corrected chi connectivity index (χ3v) is 2.90. The SMILES string of the molecule is CC(Sc1nnnn1C(C)C)C(=O)NC(N)=O. The van der Waals surface area contributed by atoms with Crippen LogP contribution in [0.25, 0.3) is 0 Å². The number of hydrogen-bond donors (Lipinski definition) is 2. The van der Waals surface area contributed by atoms with Gasteiger partial charge in [-0.05, 0) is 31.2 Å². The van der Waals surface area contributed by atoms with Crippen LogP contribution >= 0.6 is 11.8 Å². The van der Waals surface area contributed by atoms with Crippen molar-refractivity contribution < 1.29 is 9.59 Å². The van der Waals surface area contributed by atoms with Crippen LogP contribution in [0.15, 0.2) is 5.16 Å². The highest BCUT2D eigenvalue weighted by Gasteiger charge is 2.20. The largest absolute Gasteiger partial charge is 0.351 e. The van der Waals surface area contributed by atoms with Crippen LogP contribution < -0.4 is 11.1 Å². The zero-order valence-corrected chi connectivity index (χ0v) is 10.6. The van der Waals surface area contributed by atoms with Crippen molar-refractivity contribution >= 4 is 23.7 Å². The van der Waals surface area contributed by atoms with E-state index in [1.807, 2.05) is 19.2 Å². The molecule has 1 rings (SSSR count). The fourth-order valence-electron chi connectivity index (χ4n) is 1.02. The van der Waals surface area contributed by atoms with Crippen LogP contribution in [0.2, 0.25) is 0 Å². The lowest BCUT2D eigenvalue weighted by atomic mass is 10.4. The second-order valence-corrected chi connectivity index (χ2v) is 4.92. The minimum atomic E-state index is -0.870. The summed E-state index contributed by atoms with van der Waals surface area (Å²) in [5.41, 5.74) is 4.86. The summed E-state index contributed by atoms with van der Waals surface area (Å²) in [5.74, 6) is -0.471. The van der Waals surface area contributed by atoms with Gasteiger partial charge in [0.2, 0.25) is 11.1 Å². The molecule has 1 atom stereocenters. The van der Waals surface area contributed by atoms with Crippen LogP contribution in [0.5, 0.6) is 0 Å². The third-order valence-electron chi connectivity index (χ3n) is 1.85. The molecule has 0 spiro atoms. The minimum Gasteiger partial charge on any atom is -0.351 e. The molecule has 94 valence electrons. The molecule has 8 nitrogen and oxygen atoms in total. The smallest absolute Gasteiger partial charge is 0.318 e. The van der Waals surface area contributed by atoms with Crippen molar-refractivity contribution in [2.75, 3.05) is 0 Å². The molecule has 1 unspecified atom stereocenters. The fraction of sp³-hybridized carbons (Fsp3) is 0.625. The molecular formula is C8H14N6O2S. The predicted molar refractivity (Wildman–Crippen MR) is 61.2 cm³/mol. The Balaban J connectivity index is 2.67. The Hall–Kier alpha value is -1.64. The Morgan fingerprint density at radius 2 is 2.06 bits per heavy atom. The van der Waals surface area contributed by atoms with Gasteiger partial charge in [0.25, 0.3) is 0 Å². The zero-order valence-electron chi connectivity index (χ0n) is 9.75. The molecule has 0 bridgehead atoms. The van der Waals surface area contributed by atoms with Gasteiger partial charge >= 0.3 is 6.03 Å². The number of rotatable bonds is 4. The van der Waals surface area contributed by atoms with Gasteiger partial charge < -0.3 is 5.73 Å². The molecule has 0 aliphatic heterocycles. The number of carbonyl (C=O) groups excluding carboxylic acids is 2. The summed E-state index contributed by atoms with van der Waals surface area (Å²) in [4.78, 5) is 22.0. The molecule has 1 aromatic rings. The van der Waals surface area contributed by atoms with Crippen molar-refractivity contribution in [3.05, 3.63) is 0 Å². The standard InChI is InChI=1S/C8H14N6O2S/c1-4(2)14-8(11-12-13-14)17-5(3)6(15)10-7(9)16/h4-5H,1-3H3,(H3,9,10,15,16). The highest BCUT2D eigenvalue weighted by Crippen LogP contribution is 2.22. The molecule has 9 heteroatoms. The summed E-state index contributed by atoms with van der Waals surface area (Å²) in [6.07, 6.45) is 0. The minimum absolute atomic E-state index is 0.0962. The van der Waals surface area contributed by atoms with Crippen LogP contribution in [0.4, 0.5) is 4.79 Å². The maximum absolute atomic E-state index is 11.5. The maximum Gasteiger partial charge on any atom is 0.318 e. The topological polar surface area (TPSA) is 116 Å². The van der Waals surface area contributed by atoms with Crippen molar-refractivity contribution in [2.24, 2.45) is 5.73 Å². The first-order valence-electron chi connectivity index (χ1n) is 4.96. The quantitative estimate of drug-likeness (QED) is 0.730. The van der Waals surface area contributed by atoms with Gasteiger partial charge in [-0.3, -0.25) is 10.1 Å². The molecule has 0 radical (unpaired) electrons. The van der Waals surface area contributed by atoms with Crippen molar-refractivity contribution in [1.82, 2.24) is 25.5 Å². The number of tetrazole rings is 1. The molecule has 1 aromatic heterocycles. The molecule has 17 heavy (non-hydrogen) atoms. The molecule has 0 aliphatic rings. The molecular weight excluding hydrogens is 244 g/mol. The first-order chi connectivity index (χ1) is 7.91. The molecule has 0 saturated carbocycles. The lowest BCUT2D eigenvalue weighted by Gasteiger charge is -2.11. The lowest BCUT2D eigenvalue weighted by Crippen LogP contribution is -2.39. The van der Waals surface area contributed by atoms with Crippen LogP contribution in [0.3, 0.4) is 0 Å². The Labute approximate surface area is 102 Å². The number of carbonyl (C=O) groups is 2. The van der Waals surface area contributed by atoms with Gasteiger partial charge in [0, 0.05) is 0 Å². The summed E-state index contributed by atoms with van der Waals surface area (Å²) in [6, 6.07) is -0.773. The summed E-state index contributed by atoms with van der Waals surface area (Å²) in [7, 11) is 0. The number of primary amides is 1. The summed E-state index contributed by atoms with van der Waals surface area (Å²) in [5, 5.41) is 13.2. The van der Waals surface area contributed by atoms with E-state index < -0.39 is 17.2 Å². The molecule has 0 aromatic carbocycles. The average molecular weight is 258 g/mol. The van der Waals surface area contributed by atoms with E-state index in [0.29, 0.717) is 5.16 Å². The van der Waals surface area contributed by atoms with Gasteiger partial charge in [0.15, 0.2) is 0 Å². The number of nitrogens with one attached hydrogen (secondary N) is 1. The molecule has 0 aliphatic carbocycles. The van der Waals surface area contributed by atoms with E-state index in [9.17, 15) is 9.59 Å². The summed E-state index contributed by atoms with van der Waals surface area (Å²) >= 11 is 1.16. The van der Waals surface area contributed by atoms with Crippen molar-refractivity contribution in [3.63, 3.8) is 0 Å². The number of nitrogens with zero attached hydrogens (tertiary/aromatic N) is 4. The normalized spacial score (nSPS) is 12.5. The van der Waals surface area contributed by atoms with Gasteiger partial charge in [-0.1, -0.05) is 11.8 Å². The van der Waals surface area contributed by atoms with E-state index in [2.05, 4.69) is 15.5 Å². The van der Waals surface area contributed by atoms with E-state index in [1.165, 1.54) is 0 Å². The van der Waals surface area contributed by atoms with Gasteiger partial charge in [0.1, 0.15) is 0 Å². The summed E-state index contributed by atoms with van der Waals surface area (Å²) < 4.78 is 1.60. The monoisotopic (exact) mass is 258 g/mol. The Morgan fingerprint density at radius 1 is 1.41 bits per heavy atom. The van der Waals surface area contributed by atoms with Crippen molar-refractivity contribution in [1.29, 1.82) is 0 Å². The zero-order chi connectivity index (χ0) is 13.0. The molecule has 3 amide bonds. The Bertz CT molecular complexity index is 418. The number of aromatic nitrogens is 4. The van der Waals surface area contributed by atoms with Crippen LogP contribution in [-0.4, -0.2) is 37.4 Å². The first-order valence-corrected chi connectivity index (χ1v) is 5.84. The number of thioether (sulfide) groups is 1. The van der Waals surface area contributed by atoms with Crippen LogP contribution in [0.1, 0.15) is 26.8 Å². The van der Waals surface area contributed by atoms with E-state index in [4.69, 9.17) is 5.73 Å². The number of nitrogens with two attached hydrogens (primary N) is 1. The third kappa shape index (κ3) is 3.70. The predicted octanol–water partition coefficient (Wildman–Crippen LogP) is -0.0705. The van der Waals surface area contributed by atoms with Gasteiger partial charge in [-0.2, -0.15) is 0 Å². The number of imide groups is 1. The number of urea groups is 1. The van der Waals surface area contributed by atoms with Gasteiger partial charge in [0.05, 0.1) is 11.3 Å². The second-order valence-electron chi connectivity index (χ2n) is 3.61. The average Bonchev–Trinajstić information content (AvgIpc) is 2.64. The fourth-order valence-corrected chi connectivity index (χ4v) is 1.94. The highest BCUT2D eigenvalue weighted by atomic mass is 32.2. The highest BCUT2D eigenvalue weighted by molar-refractivity contribution is 8.00. The second kappa shape index (κ2) is 5.62. The summed E-state index contributed by atoms with van der Waals surface area (Å²) in [6.45, 7) is 5.49. The Morgan fingerprint density at radius 3 is 2.59 bits per heavy atom. The van der Waals surface area contributed by atoms with E-state index in [-0.39, 0.29) is 6.04 Å². The molecule has 0 saturated heterocycles. The maximum atomic E-state index is 11.5. The van der Waals surface area contributed by atoms with Crippen molar-refractivity contribution in [2.45, 2.75) is 37.2 Å². The lowest BCUT2D eigenvalue weighted by molar-refractivity contribution is -0.119. The van der Waals surface area contributed by atoms with Gasteiger partial charge in [-0.15, -0.1) is 5.10 Å². The van der Waals surface area contributed by atoms with Crippen molar-refractivity contribution in [3.8, 4) is 0 Å². The van der Waals surface area contributed by atoms with E-state index >= 15 is 0 Å². The molecule has 1 heterocycles. The van der Waals surface area contributed by atoms with Gasteiger partial charge in [-0.25, -0.2) is 9.48 Å². The van der Waals surface area contributed by atoms with E-state index in [1.54, 1.807) is 11.6 Å². The Kier molecular flexibility index (Phi) is 4.44. The van der Waals surface area contributed by atoms with Crippen LogP contribution in [0, 0.1) is 0 Å². The molecule has 3 N–H and O–H groups in total. The first kappa shape index (κ1) is 13.4. The molecule has 0 fully saturated rings.